The summed E-state index contributed by atoms with van der Waals surface area (Å²) >= 11 is 3.15. The second-order valence-electron chi connectivity index (χ2n) is 4.78. The van der Waals surface area contributed by atoms with Crippen molar-refractivity contribution in [2.75, 3.05) is 0 Å². The fraction of sp³-hybridized carbons (Fsp3) is 0.200. The molecule has 0 fully saturated rings. The molecule has 0 N–H and O–H groups in total. The molecule has 0 aromatic heterocycles. The smallest absolute Gasteiger partial charge is 0.419 e. The highest BCUT2D eigenvalue weighted by Gasteiger charge is 2.34. The lowest BCUT2D eigenvalue weighted by molar-refractivity contribution is -0.385. The topological polar surface area (TPSA) is 52.4 Å². The Hall–Kier alpha value is -2.09. The average molecular weight is 390 g/mol. The van der Waals surface area contributed by atoms with Crippen LogP contribution in [0.15, 0.2) is 40.9 Å². The minimum atomic E-state index is -4.57. The molecule has 0 bridgehead atoms. The molecule has 8 heteroatoms. The molecule has 2 aromatic carbocycles. The van der Waals surface area contributed by atoms with Crippen LogP contribution in [0, 0.1) is 17.0 Å². The van der Waals surface area contributed by atoms with Gasteiger partial charge in [-0.3, -0.25) is 10.1 Å². The maximum Gasteiger partial charge on any atom is 0.419 e. The van der Waals surface area contributed by atoms with Gasteiger partial charge in [-0.1, -0.05) is 33.6 Å². The first-order chi connectivity index (χ1) is 10.7. The molecule has 0 saturated carbocycles. The van der Waals surface area contributed by atoms with Crippen LogP contribution in [0.2, 0.25) is 0 Å². The Bertz CT molecular complexity index is 747. The number of benzene rings is 2. The van der Waals surface area contributed by atoms with Gasteiger partial charge in [0.1, 0.15) is 12.4 Å². The van der Waals surface area contributed by atoms with Crippen molar-refractivity contribution in [2.45, 2.75) is 19.7 Å². The van der Waals surface area contributed by atoms with Crippen molar-refractivity contribution in [1.82, 2.24) is 0 Å². The zero-order valence-corrected chi connectivity index (χ0v) is 13.4. The van der Waals surface area contributed by atoms with Gasteiger partial charge >= 0.3 is 6.18 Å². The van der Waals surface area contributed by atoms with Gasteiger partial charge in [0, 0.05) is 10.5 Å². The van der Waals surface area contributed by atoms with Crippen LogP contribution >= 0.6 is 15.9 Å². The molecule has 0 aliphatic carbocycles. The maximum absolute atomic E-state index is 13.0. The zero-order chi connectivity index (χ0) is 17.2. The number of ether oxygens (including phenoxy) is 1. The number of alkyl halides is 3. The third-order valence-electron chi connectivity index (χ3n) is 3.10. The summed E-state index contributed by atoms with van der Waals surface area (Å²) in [5.74, 6) is -0.367. The molecular weight excluding hydrogens is 379 g/mol. The fourth-order valence-electron chi connectivity index (χ4n) is 2.00. The minimum Gasteiger partial charge on any atom is -0.488 e. The predicted octanol–water partition coefficient (Wildman–Crippen LogP) is 5.26. The van der Waals surface area contributed by atoms with Crippen molar-refractivity contribution in [3.63, 3.8) is 0 Å². The second kappa shape index (κ2) is 6.57. The molecule has 2 aromatic rings. The molecule has 4 nitrogen and oxygen atoms in total. The summed E-state index contributed by atoms with van der Waals surface area (Å²) in [4.78, 5) is 10.4. The molecule has 2 rings (SSSR count). The number of nitrogens with zero attached hydrogens (tertiary/aromatic N) is 1. The number of aryl methyl sites for hydroxylation is 1. The fourth-order valence-corrected chi connectivity index (χ4v) is 2.47. The van der Waals surface area contributed by atoms with Crippen LogP contribution in [0.3, 0.4) is 0 Å². The lowest BCUT2D eigenvalue weighted by Crippen LogP contribution is -2.10. The first-order valence-corrected chi connectivity index (χ1v) is 7.22. The number of nitro groups is 1. The van der Waals surface area contributed by atoms with Crippen molar-refractivity contribution in [2.24, 2.45) is 0 Å². The van der Waals surface area contributed by atoms with Gasteiger partial charge < -0.3 is 4.74 Å². The Kier molecular flexibility index (Phi) is 4.93. The zero-order valence-electron chi connectivity index (χ0n) is 11.9. The summed E-state index contributed by atoms with van der Waals surface area (Å²) in [7, 11) is 0. The molecule has 0 aliphatic rings. The number of nitro benzene ring substituents is 1. The van der Waals surface area contributed by atoms with Crippen molar-refractivity contribution < 1.29 is 22.8 Å². The van der Waals surface area contributed by atoms with Gasteiger partial charge in [0.25, 0.3) is 5.69 Å². The van der Waals surface area contributed by atoms with Crippen LogP contribution in [-0.4, -0.2) is 4.92 Å². The monoisotopic (exact) mass is 389 g/mol. The van der Waals surface area contributed by atoms with Gasteiger partial charge in [-0.2, -0.15) is 13.2 Å². The van der Waals surface area contributed by atoms with Crippen LogP contribution < -0.4 is 4.74 Å². The summed E-state index contributed by atoms with van der Waals surface area (Å²) < 4.78 is 44.7. The molecule has 0 spiro atoms. The van der Waals surface area contributed by atoms with Gasteiger partial charge in [0.2, 0.25) is 0 Å². The van der Waals surface area contributed by atoms with E-state index in [1.807, 2.05) is 0 Å². The van der Waals surface area contributed by atoms with Crippen LogP contribution in [-0.2, 0) is 12.8 Å². The van der Waals surface area contributed by atoms with Gasteiger partial charge in [-0.05, 0) is 25.1 Å². The van der Waals surface area contributed by atoms with Crippen LogP contribution in [0.1, 0.15) is 16.7 Å². The normalized spacial score (nSPS) is 11.3. The van der Waals surface area contributed by atoms with E-state index in [0.29, 0.717) is 10.0 Å². The number of hydrogen-bond donors (Lipinski definition) is 0. The number of rotatable bonds is 4. The molecule has 0 aliphatic heterocycles. The van der Waals surface area contributed by atoms with Crippen LogP contribution in [0.4, 0.5) is 18.9 Å². The molecule has 0 amide bonds. The molecule has 0 atom stereocenters. The summed E-state index contributed by atoms with van der Waals surface area (Å²) in [5, 5.41) is 11.0. The molecular formula is C15H11BrF3NO3. The van der Waals surface area contributed by atoms with E-state index in [4.69, 9.17) is 4.74 Å². The van der Waals surface area contributed by atoms with Gasteiger partial charge in [0.05, 0.1) is 16.1 Å². The van der Waals surface area contributed by atoms with Crippen molar-refractivity contribution in [3.05, 3.63) is 67.7 Å². The SMILES string of the molecule is Cc1ccc(OCc2c(Br)cccc2[N+](=O)[O-])c(C(F)(F)F)c1. The summed E-state index contributed by atoms with van der Waals surface area (Å²) in [6.07, 6.45) is -4.57. The van der Waals surface area contributed by atoms with E-state index >= 15 is 0 Å². The highest BCUT2D eigenvalue weighted by atomic mass is 79.9. The van der Waals surface area contributed by atoms with E-state index in [-0.39, 0.29) is 23.6 Å². The third-order valence-corrected chi connectivity index (χ3v) is 3.85. The second-order valence-corrected chi connectivity index (χ2v) is 5.64. The molecule has 122 valence electrons. The molecule has 0 radical (unpaired) electrons. The van der Waals surface area contributed by atoms with E-state index < -0.39 is 16.7 Å². The largest absolute Gasteiger partial charge is 0.488 e. The standard InChI is InChI=1S/C15H11BrF3NO3/c1-9-5-6-14(11(7-9)15(17,18)19)23-8-10-12(16)3-2-4-13(10)20(21)22/h2-7H,8H2,1H3. The first kappa shape index (κ1) is 17.3. The van der Waals surface area contributed by atoms with Crippen molar-refractivity contribution in [1.29, 1.82) is 0 Å². The highest BCUT2D eigenvalue weighted by Crippen LogP contribution is 2.37. The molecule has 0 heterocycles. The van der Waals surface area contributed by atoms with E-state index in [1.165, 1.54) is 31.2 Å². The van der Waals surface area contributed by atoms with E-state index in [1.54, 1.807) is 6.07 Å². The lowest BCUT2D eigenvalue weighted by Gasteiger charge is -2.15. The highest BCUT2D eigenvalue weighted by molar-refractivity contribution is 9.10. The predicted molar refractivity (Wildman–Crippen MR) is 81.3 cm³/mol. The van der Waals surface area contributed by atoms with Gasteiger partial charge in [-0.15, -0.1) is 0 Å². The maximum atomic E-state index is 13.0. The van der Waals surface area contributed by atoms with Crippen molar-refractivity contribution >= 4 is 21.6 Å². The Labute approximate surface area is 138 Å². The Morgan fingerprint density at radius 3 is 2.57 bits per heavy atom. The van der Waals surface area contributed by atoms with Gasteiger partial charge in [0.15, 0.2) is 0 Å². The first-order valence-electron chi connectivity index (χ1n) is 6.42. The quantitative estimate of drug-likeness (QED) is 0.529. The summed E-state index contributed by atoms with van der Waals surface area (Å²) in [6.45, 7) is 1.18. The number of halogens is 4. The summed E-state index contributed by atoms with van der Waals surface area (Å²) in [6, 6.07) is 7.97. The molecule has 0 unspecified atom stereocenters. The Balaban J connectivity index is 2.35. The van der Waals surface area contributed by atoms with Gasteiger partial charge in [-0.25, -0.2) is 0 Å². The van der Waals surface area contributed by atoms with E-state index in [0.717, 1.165) is 6.07 Å². The number of hydrogen-bond acceptors (Lipinski definition) is 3. The van der Waals surface area contributed by atoms with Crippen LogP contribution in [0.5, 0.6) is 5.75 Å². The third kappa shape index (κ3) is 4.01. The molecule has 23 heavy (non-hydrogen) atoms. The molecule has 0 saturated heterocycles. The average Bonchev–Trinajstić information content (AvgIpc) is 2.45. The van der Waals surface area contributed by atoms with Crippen LogP contribution in [0.25, 0.3) is 0 Å². The Morgan fingerprint density at radius 2 is 1.96 bits per heavy atom. The Morgan fingerprint density at radius 1 is 1.26 bits per heavy atom. The van der Waals surface area contributed by atoms with Crippen molar-refractivity contribution in [3.8, 4) is 5.75 Å². The summed E-state index contributed by atoms with van der Waals surface area (Å²) in [5.41, 5.74) is -0.519. The van der Waals surface area contributed by atoms with E-state index in [2.05, 4.69) is 15.9 Å². The minimum absolute atomic E-state index is 0.172. The lowest BCUT2D eigenvalue weighted by atomic mass is 10.1. The van der Waals surface area contributed by atoms with E-state index in [9.17, 15) is 23.3 Å².